The van der Waals surface area contributed by atoms with Crippen LogP contribution in [0.3, 0.4) is 0 Å². The second-order valence-corrected chi connectivity index (χ2v) is 5.28. The number of hydrogen-bond donors (Lipinski definition) is 1. The lowest BCUT2D eigenvalue weighted by atomic mass is 10.3. The smallest absolute Gasteiger partial charge is 0.183 e. The number of aryl methyl sites for hydroxylation is 1. The van der Waals surface area contributed by atoms with Crippen molar-refractivity contribution in [3.63, 3.8) is 0 Å². The van der Waals surface area contributed by atoms with Gasteiger partial charge in [-0.2, -0.15) is 5.10 Å². The maximum atomic E-state index is 5.47. The molecular weight excluding hydrogens is 350 g/mol. The summed E-state index contributed by atoms with van der Waals surface area (Å²) in [6, 6.07) is 3.99. The van der Waals surface area contributed by atoms with Crippen molar-refractivity contribution in [1.82, 2.24) is 15.1 Å². The zero-order valence-corrected chi connectivity index (χ0v) is 12.6. The van der Waals surface area contributed by atoms with E-state index >= 15 is 0 Å². The van der Waals surface area contributed by atoms with Crippen LogP contribution in [0.1, 0.15) is 11.5 Å². The molecular formula is C11H13Br2N3O. The summed E-state index contributed by atoms with van der Waals surface area (Å²) in [7, 11) is 1.95. The molecule has 2 rings (SSSR count). The van der Waals surface area contributed by atoms with Crippen LogP contribution in [0.5, 0.6) is 0 Å². The van der Waals surface area contributed by atoms with Crippen LogP contribution < -0.4 is 5.32 Å². The predicted octanol–water partition coefficient (Wildman–Crippen LogP) is 2.87. The van der Waals surface area contributed by atoms with E-state index in [0.717, 1.165) is 34.4 Å². The number of nitrogens with zero attached hydrogens (tertiary/aromatic N) is 2. The Hall–Kier alpha value is -0.590. The fourth-order valence-corrected chi connectivity index (χ4v) is 2.21. The SMILES string of the molecule is Cn1nccc1CCNCc1cc(Br)c(Br)o1. The van der Waals surface area contributed by atoms with Crippen LogP contribution >= 0.6 is 31.9 Å². The van der Waals surface area contributed by atoms with Gasteiger partial charge in [0.25, 0.3) is 0 Å². The van der Waals surface area contributed by atoms with Crippen molar-refractivity contribution < 1.29 is 4.42 Å². The van der Waals surface area contributed by atoms with Crippen molar-refractivity contribution in [2.45, 2.75) is 13.0 Å². The molecule has 0 amide bonds. The molecule has 0 atom stereocenters. The van der Waals surface area contributed by atoms with E-state index < -0.39 is 0 Å². The molecule has 0 radical (unpaired) electrons. The summed E-state index contributed by atoms with van der Waals surface area (Å²) in [6.07, 6.45) is 2.77. The lowest BCUT2D eigenvalue weighted by Gasteiger charge is -2.03. The Balaban J connectivity index is 1.75. The number of rotatable bonds is 5. The summed E-state index contributed by atoms with van der Waals surface area (Å²) in [5, 5.41) is 7.46. The fraction of sp³-hybridized carbons (Fsp3) is 0.364. The summed E-state index contributed by atoms with van der Waals surface area (Å²) in [4.78, 5) is 0. The third kappa shape index (κ3) is 3.43. The van der Waals surface area contributed by atoms with E-state index in [2.05, 4.69) is 42.3 Å². The fourth-order valence-electron chi connectivity index (χ4n) is 1.55. The third-order valence-electron chi connectivity index (χ3n) is 2.48. The Morgan fingerprint density at radius 1 is 1.47 bits per heavy atom. The van der Waals surface area contributed by atoms with Crippen molar-refractivity contribution in [2.75, 3.05) is 6.54 Å². The quantitative estimate of drug-likeness (QED) is 0.831. The molecule has 2 aromatic rings. The largest absolute Gasteiger partial charge is 0.452 e. The number of aromatic nitrogens is 2. The van der Waals surface area contributed by atoms with Crippen LogP contribution in [-0.4, -0.2) is 16.3 Å². The first-order chi connectivity index (χ1) is 8.16. The minimum absolute atomic E-state index is 0.724. The number of halogens is 2. The minimum Gasteiger partial charge on any atom is -0.452 e. The van der Waals surface area contributed by atoms with Gasteiger partial charge in [-0.3, -0.25) is 4.68 Å². The van der Waals surface area contributed by atoms with Crippen LogP contribution in [0.2, 0.25) is 0 Å². The van der Waals surface area contributed by atoms with Gasteiger partial charge in [0.15, 0.2) is 4.67 Å². The Bertz CT molecular complexity index is 473. The molecule has 0 aliphatic carbocycles. The molecule has 0 aliphatic rings. The minimum atomic E-state index is 0.724. The van der Waals surface area contributed by atoms with Gasteiger partial charge in [0.2, 0.25) is 0 Å². The van der Waals surface area contributed by atoms with Crippen LogP contribution in [0.15, 0.2) is 31.9 Å². The highest BCUT2D eigenvalue weighted by molar-refractivity contribution is 9.13. The molecule has 0 saturated heterocycles. The van der Waals surface area contributed by atoms with E-state index in [0.29, 0.717) is 0 Å². The first kappa shape index (κ1) is 12.9. The number of furan rings is 1. The van der Waals surface area contributed by atoms with Gasteiger partial charge in [0.05, 0.1) is 11.0 Å². The first-order valence-corrected chi connectivity index (χ1v) is 6.86. The second-order valence-electron chi connectivity index (χ2n) is 3.71. The van der Waals surface area contributed by atoms with Crippen molar-refractivity contribution in [2.24, 2.45) is 7.05 Å². The molecule has 0 aromatic carbocycles. The molecule has 92 valence electrons. The summed E-state index contributed by atoms with van der Waals surface area (Å²) >= 11 is 6.70. The number of hydrogen-bond acceptors (Lipinski definition) is 3. The molecule has 0 aliphatic heterocycles. The molecule has 0 unspecified atom stereocenters. The topological polar surface area (TPSA) is 43.0 Å². The molecule has 4 nitrogen and oxygen atoms in total. The van der Waals surface area contributed by atoms with Crippen LogP contribution in [0.25, 0.3) is 0 Å². The van der Waals surface area contributed by atoms with E-state index in [4.69, 9.17) is 4.42 Å². The van der Waals surface area contributed by atoms with Crippen molar-refractivity contribution in [3.05, 3.63) is 38.9 Å². The predicted molar refractivity (Wildman–Crippen MR) is 72.7 cm³/mol. The number of nitrogens with one attached hydrogen (secondary N) is 1. The van der Waals surface area contributed by atoms with Gasteiger partial charge in [0, 0.05) is 31.9 Å². The zero-order chi connectivity index (χ0) is 12.3. The molecule has 17 heavy (non-hydrogen) atoms. The van der Waals surface area contributed by atoms with Gasteiger partial charge in [-0.1, -0.05) is 0 Å². The summed E-state index contributed by atoms with van der Waals surface area (Å²) < 4.78 is 9.04. The van der Waals surface area contributed by atoms with E-state index in [1.165, 1.54) is 5.69 Å². The van der Waals surface area contributed by atoms with Crippen molar-refractivity contribution in [3.8, 4) is 0 Å². The monoisotopic (exact) mass is 361 g/mol. The third-order valence-corrected chi connectivity index (χ3v) is 4.19. The molecule has 2 aromatic heterocycles. The molecule has 0 spiro atoms. The van der Waals surface area contributed by atoms with Gasteiger partial charge in [-0.05, 0) is 44.0 Å². The Labute approximate surface area is 117 Å². The Morgan fingerprint density at radius 2 is 2.29 bits per heavy atom. The van der Waals surface area contributed by atoms with Gasteiger partial charge in [-0.15, -0.1) is 0 Å². The van der Waals surface area contributed by atoms with E-state index in [9.17, 15) is 0 Å². The summed E-state index contributed by atoms with van der Waals surface area (Å²) in [5.74, 6) is 0.911. The molecule has 0 saturated carbocycles. The summed E-state index contributed by atoms with van der Waals surface area (Å²) in [6.45, 7) is 1.62. The second kappa shape index (κ2) is 5.84. The van der Waals surface area contributed by atoms with Gasteiger partial charge < -0.3 is 9.73 Å². The maximum Gasteiger partial charge on any atom is 0.183 e. The Kier molecular flexibility index (Phi) is 4.42. The molecule has 0 bridgehead atoms. The van der Waals surface area contributed by atoms with Gasteiger partial charge in [0.1, 0.15) is 5.76 Å². The van der Waals surface area contributed by atoms with Crippen LogP contribution in [0.4, 0.5) is 0 Å². The Morgan fingerprint density at radius 3 is 2.88 bits per heavy atom. The van der Waals surface area contributed by atoms with E-state index in [1.807, 2.05) is 30.1 Å². The molecule has 2 heterocycles. The lowest BCUT2D eigenvalue weighted by Crippen LogP contribution is -2.17. The standard InChI is InChI=1S/C11H13Br2N3O/c1-16-8(3-5-15-16)2-4-14-7-9-6-10(12)11(13)17-9/h3,5-6,14H,2,4,7H2,1H3. The van der Waals surface area contributed by atoms with E-state index in [1.54, 1.807) is 0 Å². The molecule has 6 heteroatoms. The van der Waals surface area contributed by atoms with E-state index in [-0.39, 0.29) is 0 Å². The van der Waals surface area contributed by atoms with Crippen molar-refractivity contribution in [1.29, 1.82) is 0 Å². The highest BCUT2D eigenvalue weighted by atomic mass is 79.9. The van der Waals surface area contributed by atoms with Crippen molar-refractivity contribution >= 4 is 31.9 Å². The highest BCUT2D eigenvalue weighted by Gasteiger charge is 2.05. The lowest BCUT2D eigenvalue weighted by molar-refractivity contribution is 0.464. The zero-order valence-electron chi connectivity index (χ0n) is 9.41. The molecule has 1 N–H and O–H groups in total. The maximum absolute atomic E-state index is 5.47. The van der Waals surface area contributed by atoms with Crippen LogP contribution in [-0.2, 0) is 20.0 Å². The van der Waals surface area contributed by atoms with Crippen LogP contribution in [0, 0.1) is 0 Å². The first-order valence-electron chi connectivity index (χ1n) is 5.28. The van der Waals surface area contributed by atoms with Gasteiger partial charge >= 0.3 is 0 Å². The van der Waals surface area contributed by atoms with Gasteiger partial charge in [-0.25, -0.2) is 0 Å². The highest BCUT2D eigenvalue weighted by Crippen LogP contribution is 2.26. The average molecular weight is 363 g/mol. The molecule has 0 fully saturated rings. The normalized spacial score (nSPS) is 11.0. The average Bonchev–Trinajstić information content (AvgIpc) is 2.82. The summed E-state index contributed by atoms with van der Waals surface area (Å²) in [5.41, 5.74) is 1.22.